The lowest BCUT2D eigenvalue weighted by molar-refractivity contribution is 0.619. The van der Waals surface area contributed by atoms with Gasteiger partial charge in [-0.25, -0.2) is 4.98 Å². The molecule has 4 heteroatoms. The van der Waals surface area contributed by atoms with Crippen LogP contribution in [0, 0.1) is 0 Å². The van der Waals surface area contributed by atoms with E-state index in [0.717, 1.165) is 79.3 Å². The summed E-state index contributed by atoms with van der Waals surface area (Å²) in [5.74, 6) is 0.585. The number of furan rings is 1. The highest BCUT2D eigenvalue weighted by atomic mass is 16.3. The van der Waals surface area contributed by atoms with Crippen molar-refractivity contribution in [2.45, 2.75) is 12.8 Å². The van der Waals surface area contributed by atoms with Crippen LogP contribution in [0.1, 0.15) is 12.8 Å². The van der Waals surface area contributed by atoms with Crippen LogP contribution >= 0.6 is 0 Å². The van der Waals surface area contributed by atoms with E-state index < -0.39 is 0 Å². The minimum Gasteiger partial charge on any atom is -0.454 e. The predicted molar refractivity (Wildman–Crippen MR) is 185 cm³/mol. The van der Waals surface area contributed by atoms with E-state index >= 15 is 0 Å². The third kappa shape index (κ3) is 4.34. The quantitative estimate of drug-likeness (QED) is 0.203. The van der Waals surface area contributed by atoms with Crippen molar-refractivity contribution in [1.82, 2.24) is 4.98 Å². The van der Waals surface area contributed by atoms with Gasteiger partial charge in [-0.2, -0.15) is 0 Å². The van der Waals surface area contributed by atoms with E-state index in [0.29, 0.717) is 5.89 Å². The van der Waals surface area contributed by atoms with Crippen LogP contribution in [0.4, 0.5) is 11.4 Å². The molecule has 0 saturated heterocycles. The van der Waals surface area contributed by atoms with Crippen LogP contribution in [-0.2, 0) is 0 Å². The molecule has 0 N–H and O–H groups in total. The lowest BCUT2D eigenvalue weighted by atomic mass is 10.00. The highest BCUT2D eigenvalue weighted by molar-refractivity contribution is 6.23. The molecular formula is C41H28N2O2. The van der Waals surface area contributed by atoms with Gasteiger partial charge in [-0.3, -0.25) is 0 Å². The Kier molecular flexibility index (Phi) is 5.91. The molecule has 0 unspecified atom stereocenters. The molecule has 0 spiro atoms. The van der Waals surface area contributed by atoms with Gasteiger partial charge >= 0.3 is 0 Å². The third-order valence-electron chi connectivity index (χ3n) is 8.69. The lowest BCUT2D eigenvalue weighted by Crippen LogP contribution is -2.16. The van der Waals surface area contributed by atoms with Gasteiger partial charge in [-0.05, 0) is 89.3 Å². The van der Waals surface area contributed by atoms with Crippen molar-refractivity contribution in [3.63, 3.8) is 0 Å². The van der Waals surface area contributed by atoms with Gasteiger partial charge in [0.15, 0.2) is 11.2 Å². The second kappa shape index (κ2) is 10.4. The summed E-state index contributed by atoms with van der Waals surface area (Å²) >= 11 is 0. The van der Waals surface area contributed by atoms with Crippen molar-refractivity contribution in [1.29, 1.82) is 0 Å². The number of nitrogens with zero attached hydrogens (tertiary/aromatic N) is 2. The molecule has 4 nitrogen and oxygen atoms in total. The van der Waals surface area contributed by atoms with E-state index in [-0.39, 0.29) is 0 Å². The van der Waals surface area contributed by atoms with Gasteiger partial charge in [-0.15, -0.1) is 0 Å². The molecule has 1 aliphatic rings. The Morgan fingerprint density at radius 3 is 2.22 bits per heavy atom. The second-order valence-corrected chi connectivity index (χ2v) is 11.5. The largest absolute Gasteiger partial charge is 0.454 e. The van der Waals surface area contributed by atoms with Crippen LogP contribution in [0.25, 0.3) is 66.4 Å². The summed E-state index contributed by atoms with van der Waals surface area (Å²) in [5, 5.41) is 4.50. The zero-order valence-corrected chi connectivity index (χ0v) is 24.5. The number of oxazole rings is 1. The molecule has 0 saturated carbocycles. The van der Waals surface area contributed by atoms with Crippen molar-refractivity contribution >= 4 is 55.2 Å². The fraction of sp³-hybridized carbons (Fsp3) is 0.0488. The van der Waals surface area contributed by atoms with Gasteiger partial charge in [0.1, 0.15) is 11.1 Å². The van der Waals surface area contributed by atoms with Gasteiger partial charge < -0.3 is 13.7 Å². The first kappa shape index (κ1) is 25.6. The monoisotopic (exact) mass is 580 g/mol. The molecule has 0 atom stereocenters. The van der Waals surface area contributed by atoms with E-state index in [1.165, 1.54) is 11.1 Å². The molecule has 2 aromatic heterocycles. The Bertz CT molecular complexity index is 2400. The summed E-state index contributed by atoms with van der Waals surface area (Å²) in [6.07, 6.45) is 8.84. The van der Waals surface area contributed by atoms with Crippen LogP contribution in [0.5, 0.6) is 0 Å². The number of aromatic nitrogens is 1. The Labute approximate surface area is 260 Å². The maximum atomic E-state index is 6.85. The zero-order valence-electron chi connectivity index (χ0n) is 24.5. The second-order valence-electron chi connectivity index (χ2n) is 11.5. The van der Waals surface area contributed by atoms with Gasteiger partial charge in [0.25, 0.3) is 0 Å². The molecule has 8 aromatic rings. The lowest BCUT2D eigenvalue weighted by Gasteiger charge is -2.28. The molecule has 0 fully saturated rings. The molecule has 214 valence electrons. The van der Waals surface area contributed by atoms with Crippen molar-refractivity contribution < 1.29 is 8.83 Å². The smallest absolute Gasteiger partial charge is 0.227 e. The molecule has 6 aromatic carbocycles. The van der Waals surface area contributed by atoms with Crippen LogP contribution in [-0.4, -0.2) is 4.98 Å². The summed E-state index contributed by atoms with van der Waals surface area (Å²) in [6, 6.07) is 44.3. The molecule has 0 amide bonds. The van der Waals surface area contributed by atoms with Crippen LogP contribution in [0.2, 0.25) is 0 Å². The van der Waals surface area contributed by atoms with E-state index in [1.54, 1.807) is 0 Å². The number of rotatable bonds is 5. The van der Waals surface area contributed by atoms with Gasteiger partial charge in [0.05, 0.1) is 5.69 Å². The Hall–Kier alpha value is -5.87. The van der Waals surface area contributed by atoms with Gasteiger partial charge in [0.2, 0.25) is 5.89 Å². The number of hydrogen-bond acceptors (Lipinski definition) is 4. The number of benzene rings is 6. The molecule has 2 heterocycles. The summed E-state index contributed by atoms with van der Waals surface area (Å²) in [4.78, 5) is 7.07. The van der Waals surface area contributed by atoms with E-state index in [1.807, 2.05) is 24.3 Å². The molecule has 45 heavy (non-hydrogen) atoms. The average Bonchev–Trinajstić information content (AvgIpc) is 3.72. The highest BCUT2D eigenvalue weighted by Gasteiger charge is 2.23. The summed E-state index contributed by atoms with van der Waals surface area (Å²) in [7, 11) is 0. The van der Waals surface area contributed by atoms with Crippen LogP contribution in [0.15, 0.2) is 160 Å². The van der Waals surface area contributed by atoms with Crippen molar-refractivity contribution in [2.24, 2.45) is 0 Å². The number of fused-ring (bicyclic) bond motifs is 6. The Morgan fingerprint density at radius 2 is 1.38 bits per heavy atom. The number of allylic oxidation sites excluding steroid dienone is 3. The number of anilines is 2. The topological polar surface area (TPSA) is 42.4 Å². The van der Waals surface area contributed by atoms with Crippen molar-refractivity contribution in [3.8, 4) is 22.6 Å². The molecule has 0 aliphatic heterocycles. The fourth-order valence-electron chi connectivity index (χ4n) is 6.53. The van der Waals surface area contributed by atoms with Gasteiger partial charge in [-0.1, -0.05) is 91.0 Å². The molecule has 0 radical (unpaired) electrons. The molecule has 9 rings (SSSR count). The number of para-hydroxylation sites is 2. The minimum atomic E-state index is 0.585. The van der Waals surface area contributed by atoms with E-state index in [4.69, 9.17) is 13.8 Å². The first-order valence-corrected chi connectivity index (χ1v) is 15.4. The Balaban J connectivity index is 1.26. The van der Waals surface area contributed by atoms with E-state index in [2.05, 4.69) is 126 Å². The Morgan fingerprint density at radius 1 is 0.600 bits per heavy atom. The maximum absolute atomic E-state index is 6.85. The molecule has 0 bridgehead atoms. The summed E-state index contributed by atoms with van der Waals surface area (Å²) in [6.45, 7) is 0. The average molecular weight is 581 g/mol. The molecule has 1 aliphatic carbocycles. The summed E-state index contributed by atoms with van der Waals surface area (Å²) in [5.41, 5.74) is 9.76. The van der Waals surface area contributed by atoms with Crippen molar-refractivity contribution in [3.05, 3.63) is 151 Å². The number of hydrogen-bond donors (Lipinski definition) is 0. The zero-order chi connectivity index (χ0) is 29.7. The standard InChI is InChI=1S/C41H28N2O2/c1-3-11-27(12-4-1)28-19-22-32(23-20-28)43(31-14-5-2-6-15-31)36-25-29-13-7-8-16-33(29)39-34-24-21-30(26-38(34)44-40(36)39)41-42-35-17-9-10-18-37(35)45-41/h1,3-5,7-26H,2,6H2. The first-order valence-electron chi connectivity index (χ1n) is 15.4. The first-order chi connectivity index (χ1) is 22.3. The normalized spacial score (nSPS) is 13.2. The third-order valence-corrected chi connectivity index (χ3v) is 8.69. The van der Waals surface area contributed by atoms with Crippen LogP contribution in [0.3, 0.4) is 0 Å². The minimum absolute atomic E-state index is 0.585. The summed E-state index contributed by atoms with van der Waals surface area (Å²) < 4.78 is 13.0. The van der Waals surface area contributed by atoms with Crippen molar-refractivity contribution in [2.75, 3.05) is 4.90 Å². The SMILES string of the molecule is C1=CC(N(c2ccc(-c3ccccc3)cc2)c2cc3ccccc3c3c2oc2cc(-c4nc5ccccc5o4)ccc23)=CCC1. The maximum Gasteiger partial charge on any atom is 0.227 e. The van der Waals surface area contributed by atoms with E-state index in [9.17, 15) is 0 Å². The highest BCUT2D eigenvalue weighted by Crippen LogP contribution is 2.45. The van der Waals surface area contributed by atoms with Gasteiger partial charge in [0, 0.05) is 27.7 Å². The van der Waals surface area contributed by atoms with Crippen LogP contribution < -0.4 is 4.90 Å². The predicted octanol–water partition coefficient (Wildman–Crippen LogP) is 11.6. The fourth-order valence-corrected chi connectivity index (χ4v) is 6.53. The molecular weight excluding hydrogens is 552 g/mol.